The van der Waals surface area contributed by atoms with Gasteiger partial charge in [0.15, 0.2) is 6.10 Å². The van der Waals surface area contributed by atoms with Gasteiger partial charge in [-0.25, -0.2) is 0 Å². The number of hydrogen-bond donors (Lipinski definition) is 0. The van der Waals surface area contributed by atoms with Crippen molar-refractivity contribution < 1.29 is 28.6 Å². The first-order chi connectivity index (χ1) is 31.0. The van der Waals surface area contributed by atoms with Crippen molar-refractivity contribution in [3.63, 3.8) is 0 Å². The second kappa shape index (κ2) is 52.0. The van der Waals surface area contributed by atoms with Crippen molar-refractivity contribution in [2.45, 2.75) is 284 Å². The number of carbonyl (C=O) groups is 3. The third-order valence-electron chi connectivity index (χ3n) is 11.8. The third kappa shape index (κ3) is 50.2. The maximum absolute atomic E-state index is 12.8. The number of carbonyl (C=O) groups excluding carboxylic acids is 3. The maximum Gasteiger partial charge on any atom is 0.306 e. The minimum atomic E-state index is -0.774. The van der Waals surface area contributed by atoms with Gasteiger partial charge in [0, 0.05) is 19.3 Å². The molecule has 0 saturated heterocycles. The Kier molecular flexibility index (Phi) is 49.8. The first-order valence-corrected chi connectivity index (χ1v) is 27.1. The number of allylic oxidation sites excluding steroid dienone is 8. The van der Waals surface area contributed by atoms with E-state index in [1.807, 2.05) is 0 Å². The second-order valence-corrected chi connectivity index (χ2v) is 18.1. The number of ether oxygens (including phenoxy) is 3. The molecule has 0 aliphatic rings. The largest absolute Gasteiger partial charge is 0.462 e. The topological polar surface area (TPSA) is 78.9 Å². The Labute approximate surface area is 390 Å². The average molecular weight is 883 g/mol. The lowest BCUT2D eigenvalue weighted by Gasteiger charge is -2.18. The molecule has 0 fully saturated rings. The van der Waals surface area contributed by atoms with Crippen molar-refractivity contribution in [1.82, 2.24) is 0 Å². The predicted molar refractivity (Wildman–Crippen MR) is 270 cm³/mol. The SMILES string of the molecule is CC/C=C\C/C=C\C/C=C\C/C=C\CCCCCCCCC(=O)OCC(COC(=O)CCCCCCCCCCCCCCC)OC(=O)CCCCCCCCCCCCCCC. The van der Waals surface area contributed by atoms with Crippen molar-refractivity contribution in [2.24, 2.45) is 0 Å². The predicted octanol–water partition coefficient (Wildman–Crippen LogP) is 17.9. The molecule has 0 bridgehead atoms. The molecule has 0 N–H and O–H groups in total. The third-order valence-corrected chi connectivity index (χ3v) is 11.8. The van der Waals surface area contributed by atoms with Gasteiger partial charge in [-0.15, -0.1) is 0 Å². The van der Waals surface area contributed by atoms with E-state index in [-0.39, 0.29) is 31.1 Å². The van der Waals surface area contributed by atoms with Crippen molar-refractivity contribution in [1.29, 1.82) is 0 Å². The summed E-state index contributed by atoms with van der Waals surface area (Å²) < 4.78 is 16.8. The van der Waals surface area contributed by atoms with Gasteiger partial charge in [0.2, 0.25) is 0 Å². The molecule has 1 unspecified atom stereocenters. The van der Waals surface area contributed by atoms with Crippen molar-refractivity contribution in [3.05, 3.63) is 48.6 Å². The van der Waals surface area contributed by atoms with Crippen molar-refractivity contribution >= 4 is 17.9 Å². The molecule has 0 saturated carbocycles. The number of rotatable bonds is 49. The molecule has 0 aliphatic heterocycles. The van der Waals surface area contributed by atoms with Crippen molar-refractivity contribution in [3.8, 4) is 0 Å². The van der Waals surface area contributed by atoms with Crippen LogP contribution < -0.4 is 0 Å². The Bertz CT molecular complexity index is 1110. The van der Waals surface area contributed by atoms with Crippen LogP contribution in [0.25, 0.3) is 0 Å². The zero-order chi connectivity index (χ0) is 45.8. The standard InChI is InChI=1S/C57H102O6/c1-4-7-10-13-16-19-22-25-26-27-28-29-30-33-35-38-41-44-47-50-56(59)62-53-54(63-57(60)51-48-45-42-39-36-32-24-21-18-15-12-9-6-3)52-61-55(58)49-46-43-40-37-34-31-23-20-17-14-11-8-5-2/h7,10,16,19,25-26,28-29,54H,4-6,8-9,11-15,17-18,20-24,27,30-53H2,1-3H3/b10-7-,19-16-,26-25-,29-28-. The van der Waals surface area contributed by atoms with Gasteiger partial charge in [0.25, 0.3) is 0 Å². The number of esters is 3. The quantitative estimate of drug-likeness (QED) is 0.0262. The summed E-state index contributed by atoms with van der Waals surface area (Å²) in [6, 6.07) is 0. The normalized spacial score (nSPS) is 12.4. The summed E-state index contributed by atoms with van der Waals surface area (Å²) in [5.74, 6) is -0.876. The van der Waals surface area contributed by atoms with E-state index in [0.29, 0.717) is 19.3 Å². The van der Waals surface area contributed by atoms with Crippen LogP contribution in [-0.2, 0) is 28.6 Å². The van der Waals surface area contributed by atoms with Gasteiger partial charge in [0.05, 0.1) is 0 Å². The summed E-state index contributed by atoms with van der Waals surface area (Å²) in [6.45, 7) is 6.54. The number of unbranched alkanes of at least 4 members (excludes halogenated alkanes) is 30. The van der Waals surface area contributed by atoms with Gasteiger partial charge in [-0.05, 0) is 57.8 Å². The summed E-state index contributed by atoms with van der Waals surface area (Å²) in [7, 11) is 0. The molecule has 0 aromatic rings. The highest BCUT2D eigenvalue weighted by Gasteiger charge is 2.19. The fourth-order valence-corrected chi connectivity index (χ4v) is 7.79. The first-order valence-electron chi connectivity index (χ1n) is 27.1. The molecule has 63 heavy (non-hydrogen) atoms. The van der Waals surface area contributed by atoms with Crippen LogP contribution in [-0.4, -0.2) is 37.2 Å². The Hall–Kier alpha value is -2.63. The summed E-state index contributed by atoms with van der Waals surface area (Å²) in [6.07, 6.45) is 62.3. The molecule has 0 aliphatic carbocycles. The van der Waals surface area contributed by atoms with E-state index in [1.54, 1.807) is 0 Å². The molecule has 1 atom stereocenters. The van der Waals surface area contributed by atoms with Crippen molar-refractivity contribution in [2.75, 3.05) is 13.2 Å². The van der Waals surface area contributed by atoms with Crippen LogP contribution in [0.3, 0.4) is 0 Å². The highest BCUT2D eigenvalue weighted by atomic mass is 16.6. The van der Waals surface area contributed by atoms with Gasteiger partial charge in [-0.1, -0.05) is 249 Å². The van der Waals surface area contributed by atoms with Gasteiger partial charge in [-0.3, -0.25) is 14.4 Å². The molecule has 6 nitrogen and oxygen atoms in total. The Balaban J connectivity index is 4.35. The molecule has 366 valence electrons. The molecule has 0 amide bonds. The van der Waals surface area contributed by atoms with E-state index >= 15 is 0 Å². The molecule has 0 heterocycles. The fourth-order valence-electron chi connectivity index (χ4n) is 7.79. The first kappa shape index (κ1) is 60.4. The molecule has 0 aromatic heterocycles. The van der Waals surface area contributed by atoms with Gasteiger partial charge in [-0.2, -0.15) is 0 Å². The van der Waals surface area contributed by atoms with Gasteiger partial charge >= 0.3 is 17.9 Å². The second-order valence-electron chi connectivity index (χ2n) is 18.1. The summed E-state index contributed by atoms with van der Waals surface area (Å²) in [4.78, 5) is 38.0. The van der Waals surface area contributed by atoms with Crippen LogP contribution in [0.15, 0.2) is 48.6 Å². The molecule has 0 aromatic carbocycles. The lowest BCUT2D eigenvalue weighted by molar-refractivity contribution is -0.167. The maximum atomic E-state index is 12.8. The Morgan fingerprint density at radius 3 is 0.968 bits per heavy atom. The minimum absolute atomic E-state index is 0.0736. The van der Waals surface area contributed by atoms with E-state index in [1.165, 1.54) is 148 Å². The zero-order valence-corrected chi connectivity index (χ0v) is 41.8. The lowest BCUT2D eigenvalue weighted by Crippen LogP contribution is -2.30. The summed E-state index contributed by atoms with van der Waals surface area (Å²) >= 11 is 0. The van der Waals surface area contributed by atoms with Gasteiger partial charge < -0.3 is 14.2 Å². The molecular weight excluding hydrogens is 781 g/mol. The smallest absolute Gasteiger partial charge is 0.306 e. The molecule has 0 radical (unpaired) electrons. The molecule has 6 heteroatoms. The monoisotopic (exact) mass is 883 g/mol. The van der Waals surface area contributed by atoms with Crippen LogP contribution in [0.4, 0.5) is 0 Å². The molecule has 0 rings (SSSR count). The fraction of sp³-hybridized carbons (Fsp3) is 0.807. The zero-order valence-electron chi connectivity index (χ0n) is 41.8. The average Bonchev–Trinajstić information content (AvgIpc) is 3.28. The van der Waals surface area contributed by atoms with Gasteiger partial charge in [0.1, 0.15) is 13.2 Å². The van der Waals surface area contributed by atoms with Crippen LogP contribution in [0, 0.1) is 0 Å². The van der Waals surface area contributed by atoms with E-state index < -0.39 is 6.10 Å². The van der Waals surface area contributed by atoms with E-state index in [4.69, 9.17) is 14.2 Å². The summed E-state index contributed by atoms with van der Waals surface area (Å²) in [5, 5.41) is 0. The van der Waals surface area contributed by atoms with E-state index in [2.05, 4.69) is 69.4 Å². The van der Waals surface area contributed by atoms with E-state index in [0.717, 1.165) is 89.9 Å². The number of hydrogen-bond acceptors (Lipinski definition) is 6. The van der Waals surface area contributed by atoms with Crippen LogP contribution in [0.2, 0.25) is 0 Å². The Morgan fingerprint density at radius 1 is 0.333 bits per heavy atom. The Morgan fingerprint density at radius 2 is 0.619 bits per heavy atom. The van der Waals surface area contributed by atoms with Crippen LogP contribution in [0.1, 0.15) is 278 Å². The molecule has 0 spiro atoms. The highest BCUT2D eigenvalue weighted by molar-refractivity contribution is 5.71. The van der Waals surface area contributed by atoms with E-state index in [9.17, 15) is 14.4 Å². The van der Waals surface area contributed by atoms with Crippen LogP contribution >= 0.6 is 0 Å². The minimum Gasteiger partial charge on any atom is -0.462 e. The molecular formula is C57H102O6. The van der Waals surface area contributed by atoms with Crippen LogP contribution in [0.5, 0.6) is 0 Å². The summed E-state index contributed by atoms with van der Waals surface area (Å²) in [5.41, 5.74) is 0. The highest BCUT2D eigenvalue weighted by Crippen LogP contribution is 2.16. The lowest BCUT2D eigenvalue weighted by atomic mass is 10.0.